The molecule has 5 nitrogen and oxygen atoms in total. The number of hydrogen-bond acceptors (Lipinski definition) is 4. The second kappa shape index (κ2) is 9.35. The van der Waals surface area contributed by atoms with Crippen LogP contribution in [0.2, 0.25) is 0 Å². The minimum Gasteiger partial charge on any atom is -0.462 e. The van der Waals surface area contributed by atoms with Crippen LogP contribution in [0.3, 0.4) is 0 Å². The lowest BCUT2D eigenvalue weighted by atomic mass is 10.2. The monoisotopic (exact) mass is 324 g/mol. The van der Waals surface area contributed by atoms with Gasteiger partial charge in [-0.3, -0.25) is 9.36 Å². The molecule has 0 aromatic carbocycles. The van der Waals surface area contributed by atoms with Crippen molar-refractivity contribution >= 4 is 18.2 Å². The summed E-state index contributed by atoms with van der Waals surface area (Å²) in [5.74, 6) is -0.326. The van der Waals surface area contributed by atoms with Gasteiger partial charge in [0.1, 0.15) is 0 Å². The van der Waals surface area contributed by atoms with Crippen molar-refractivity contribution < 1.29 is 9.53 Å². The van der Waals surface area contributed by atoms with Crippen LogP contribution >= 0.6 is 12.2 Å². The number of unbranched alkanes of at least 4 members (excludes halogenated alkanes) is 3. The van der Waals surface area contributed by atoms with Gasteiger partial charge in [-0.15, -0.1) is 0 Å². The molecule has 122 valence electrons. The molecular formula is C16H24N2O3S. The van der Waals surface area contributed by atoms with Crippen molar-refractivity contribution in [2.75, 3.05) is 6.61 Å². The molecule has 1 aromatic heterocycles. The van der Waals surface area contributed by atoms with Crippen LogP contribution in [0.4, 0.5) is 0 Å². The highest BCUT2D eigenvalue weighted by Crippen LogP contribution is 2.04. The molecule has 0 aliphatic rings. The molecule has 22 heavy (non-hydrogen) atoms. The molecule has 0 aliphatic carbocycles. The van der Waals surface area contributed by atoms with Crippen molar-refractivity contribution in [3.63, 3.8) is 0 Å². The van der Waals surface area contributed by atoms with E-state index in [4.69, 9.17) is 17.0 Å². The van der Waals surface area contributed by atoms with E-state index >= 15 is 0 Å². The number of rotatable bonds is 9. The molecule has 0 atom stereocenters. The smallest absolute Gasteiger partial charge is 0.333 e. The standard InChI is InChI=1S/C16H24N2O3S/c1-4-18-14(19)9-11-17(16(18)22)10-7-5-6-8-12-21-15(20)13(2)3/h9,11H,2,4-8,10,12H2,1,3H3. The average Bonchev–Trinajstić information content (AvgIpc) is 2.48. The zero-order valence-corrected chi connectivity index (χ0v) is 14.2. The van der Waals surface area contributed by atoms with E-state index in [1.807, 2.05) is 11.5 Å². The van der Waals surface area contributed by atoms with Gasteiger partial charge in [0.15, 0.2) is 4.77 Å². The Bertz CT molecular complexity index is 631. The third-order valence-corrected chi connectivity index (χ3v) is 3.79. The molecule has 1 rings (SSSR count). The van der Waals surface area contributed by atoms with Crippen LogP contribution < -0.4 is 5.56 Å². The van der Waals surface area contributed by atoms with Gasteiger partial charge in [-0.05, 0) is 45.3 Å². The molecule has 0 N–H and O–H groups in total. The third kappa shape index (κ3) is 5.60. The van der Waals surface area contributed by atoms with Gasteiger partial charge >= 0.3 is 5.97 Å². The van der Waals surface area contributed by atoms with Crippen molar-refractivity contribution in [2.45, 2.75) is 52.6 Å². The Labute approximate surface area is 136 Å². The normalized spacial score (nSPS) is 10.5. The zero-order chi connectivity index (χ0) is 16.5. The first-order chi connectivity index (χ1) is 10.5. The summed E-state index contributed by atoms with van der Waals surface area (Å²) < 4.78 is 9.13. The van der Waals surface area contributed by atoms with Gasteiger partial charge < -0.3 is 9.30 Å². The Morgan fingerprint density at radius 2 is 2.00 bits per heavy atom. The van der Waals surface area contributed by atoms with E-state index in [1.165, 1.54) is 0 Å². The number of ether oxygens (including phenoxy) is 1. The van der Waals surface area contributed by atoms with Crippen LogP contribution in [-0.2, 0) is 22.6 Å². The molecule has 0 radical (unpaired) electrons. The van der Waals surface area contributed by atoms with E-state index in [2.05, 4.69) is 6.58 Å². The van der Waals surface area contributed by atoms with Gasteiger partial charge in [-0.25, -0.2) is 4.79 Å². The summed E-state index contributed by atoms with van der Waals surface area (Å²) in [6.45, 7) is 8.91. The van der Waals surface area contributed by atoms with Crippen molar-refractivity contribution in [2.24, 2.45) is 0 Å². The first-order valence-electron chi connectivity index (χ1n) is 7.60. The van der Waals surface area contributed by atoms with Crippen LogP contribution in [0.25, 0.3) is 0 Å². The topological polar surface area (TPSA) is 53.2 Å². The number of esters is 1. The van der Waals surface area contributed by atoms with Crippen molar-refractivity contribution in [3.05, 3.63) is 39.5 Å². The fraction of sp³-hybridized carbons (Fsp3) is 0.562. The molecular weight excluding hydrogens is 300 g/mol. The predicted octanol–water partition coefficient (Wildman–Crippen LogP) is 3.08. The fourth-order valence-corrected chi connectivity index (χ4v) is 2.42. The molecule has 0 amide bonds. The average molecular weight is 324 g/mol. The van der Waals surface area contributed by atoms with Gasteiger partial charge in [0.25, 0.3) is 5.56 Å². The lowest BCUT2D eigenvalue weighted by Gasteiger charge is -2.10. The summed E-state index contributed by atoms with van der Waals surface area (Å²) in [5.41, 5.74) is 0.378. The second-order valence-corrected chi connectivity index (χ2v) is 5.57. The molecule has 6 heteroatoms. The number of carbonyl (C=O) groups excluding carboxylic acids is 1. The van der Waals surface area contributed by atoms with E-state index in [9.17, 15) is 9.59 Å². The molecule has 0 fully saturated rings. The van der Waals surface area contributed by atoms with E-state index in [0.29, 0.717) is 23.5 Å². The van der Waals surface area contributed by atoms with Gasteiger partial charge in [0, 0.05) is 30.9 Å². The quantitative estimate of drug-likeness (QED) is 0.303. The van der Waals surface area contributed by atoms with Gasteiger partial charge in [-0.1, -0.05) is 13.0 Å². The Kier molecular flexibility index (Phi) is 7.80. The molecule has 0 saturated carbocycles. The first kappa shape index (κ1) is 18.4. The number of carbonyl (C=O) groups is 1. The highest BCUT2D eigenvalue weighted by atomic mass is 32.1. The fourth-order valence-electron chi connectivity index (χ4n) is 2.04. The largest absolute Gasteiger partial charge is 0.462 e. The van der Waals surface area contributed by atoms with E-state index in [0.717, 1.165) is 32.2 Å². The Hall–Kier alpha value is -1.69. The van der Waals surface area contributed by atoms with E-state index in [-0.39, 0.29) is 11.5 Å². The van der Waals surface area contributed by atoms with Crippen molar-refractivity contribution in [1.82, 2.24) is 9.13 Å². The maximum Gasteiger partial charge on any atom is 0.333 e. The molecule has 1 heterocycles. The van der Waals surface area contributed by atoms with Crippen molar-refractivity contribution in [3.8, 4) is 0 Å². The van der Waals surface area contributed by atoms with Crippen LogP contribution in [-0.4, -0.2) is 21.7 Å². The number of aromatic nitrogens is 2. The van der Waals surface area contributed by atoms with E-state index in [1.54, 1.807) is 23.8 Å². The van der Waals surface area contributed by atoms with Crippen LogP contribution in [0.15, 0.2) is 29.2 Å². The summed E-state index contributed by atoms with van der Waals surface area (Å²) in [6, 6.07) is 1.55. The maximum atomic E-state index is 11.6. The lowest BCUT2D eigenvalue weighted by molar-refractivity contribution is -0.139. The molecule has 0 saturated heterocycles. The first-order valence-corrected chi connectivity index (χ1v) is 8.01. The summed E-state index contributed by atoms with van der Waals surface area (Å²) in [4.78, 5) is 22.8. The molecule has 0 bridgehead atoms. The predicted molar refractivity (Wildman–Crippen MR) is 89.4 cm³/mol. The lowest BCUT2D eigenvalue weighted by Crippen LogP contribution is -2.23. The van der Waals surface area contributed by atoms with Crippen LogP contribution in [0, 0.1) is 4.77 Å². The number of aryl methyl sites for hydroxylation is 1. The molecule has 1 aromatic rings. The molecule has 0 aliphatic heterocycles. The van der Waals surface area contributed by atoms with Crippen LogP contribution in [0.5, 0.6) is 0 Å². The molecule has 0 spiro atoms. The summed E-state index contributed by atoms with van der Waals surface area (Å²) in [6.07, 6.45) is 5.59. The SMILES string of the molecule is C=C(C)C(=O)OCCCCCCn1ccc(=O)n(CC)c1=S. The van der Waals surface area contributed by atoms with Gasteiger partial charge in [-0.2, -0.15) is 0 Å². The van der Waals surface area contributed by atoms with E-state index < -0.39 is 0 Å². The summed E-state index contributed by atoms with van der Waals surface area (Å²) >= 11 is 5.31. The zero-order valence-electron chi connectivity index (χ0n) is 13.3. The third-order valence-electron chi connectivity index (χ3n) is 3.33. The summed E-state index contributed by atoms with van der Waals surface area (Å²) in [5, 5.41) is 0. The minimum absolute atomic E-state index is 0.0527. The maximum absolute atomic E-state index is 11.6. The minimum atomic E-state index is -0.326. The number of hydrogen-bond donors (Lipinski definition) is 0. The Balaban J connectivity index is 2.29. The second-order valence-electron chi connectivity index (χ2n) is 5.20. The Morgan fingerprint density at radius 1 is 1.32 bits per heavy atom. The van der Waals surface area contributed by atoms with Crippen molar-refractivity contribution in [1.29, 1.82) is 0 Å². The number of nitrogens with zero attached hydrogens (tertiary/aromatic N) is 2. The van der Waals surface area contributed by atoms with Gasteiger partial charge in [0.2, 0.25) is 0 Å². The van der Waals surface area contributed by atoms with Crippen LogP contribution in [0.1, 0.15) is 39.5 Å². The Morgan fingerprint density at radius 3 is 2.64 bits per heavy atom. The molecule has 0 unspecified atom stereocenters. The summed E-state index contributed by atoms with van der Waals surface area (Å²) in [7, 11) is 0. The highest BCUT2D eigenvalue weighted by Gasteiger charge is 2.02. The highest BCUT2D eigenvalue weighted by molar-refractivity contribution is 7.71. The van der Waals surface area contributed by atoms with Gasteiger partial charge in [0.05, 0.1) is 6.61 Å².